The Labute approximate surface area is 171 Å². The summed E-state index contributed by atoms with van der Waals surface area (Å²) in [5.41, 5.74) is 1.18. The van der Waals surface area contributed by atoms with E-state index >= 15 is 0 Å². The van der Waals surface area contributed by atoms with Crippen molar-refractivity contribution in [2.24, 2.45) is 0 Å². The van der Waals surface area contributed by atoms with Crippen molar-refractivity contribution >= 4 is 11.0 Å². The van der Waals surface area contributed by atoms with Crippen molar-refractivity contribution in [1.82, 2.24) is 0 Å². The van der Waals surface area contributed by atoms with E-state index in [9.17, 15) is 13.6 Å². The third kappa shape index (κ3) is 3.64. The topological polar surface area (TPSA) is 48.7 Å². The molecule has 1 aromatic heterocycles. The van der Waals surface area contributed by atoms with Crippen LogP contribution in [0.15, 0.2) is 69.9 Å². The van der Waals surface area contributed by atoms with E-state index in [1.165, 1.54) is 18.2 Å². The van der Waals surface area contributed by atoms with Crippen LogP contribution < -0.4 is 14.9 Å². The predicted octanol–water partition coefficient (Wildman–Crippen LogP) is 5.63. The summed E-state index contributed by atoms with van der Waals surface area (Å²) in [5.74, 6) is 0.124. The number of rotatable bonds is 5. The van der Waals surface area contributed by atoms with Crippen molar-refractivity contribution < 1.29 is 22.7 Å². The van der Waals surface area contributed by atoms with E-state index in [-0.39, 0.29) is 17.6 Å². The van der Waals surface area contributed by atoms with Gasteiger partial charge < -0.3 is 13.9 Å². The maximum atomic E-state index is 13.8. The lowest BCUT2D eigenvalue weighted by atomic mass is 10.0. The van der Waals surface area contributed by atoms with Crippen molar-refractivity contribution in [2.45, 2.75) is 13.5 Å². The first-order chi connectivity index (χ1) is 14.5. The highest BCUT2D eigenvalue weighted by atomic mass is 19.1. The smallest absolute Gasteiger partial charge is 0.200 e. The molecular formula is C24H18F2O4. The van der Waals surface area contributed by atoms with Gasteiger partial charge in [0.1, 0.15) is 41.1 Å². The molecule has 3 aromatic carbocycles. The highest BCUT2D eigenvalue weighted by Gasteiger charge is 2.15. The summed E-state index contributed by atoms with van der Waals surface area (Å²) in [4.78, 5) is 13.1. The Hall–Kier alpha value is -3.67. The molecule has 0 radical (unpaired) electrons. The van der Waals surface area contributed by atoms with Crippen molar-refractivity contribution in [3.63, 3.8) is 0 Å². The summed E-state index contributed by atoms with van der Waals surface area (Å²) >= 11 is 0. The third-order valence-electron chi connectivity index (χ3n) is 4.86. The minimum Gasteiger partial charge on any atom is -0.497 e. The standard InChI is InChI=1S/C24H18F2O4/c1-14-23(15-6-8-16(28-2)9-7-15)24(27)18-11-10-17(12-22(18)30-14)29-13-19-20(25)4-3-5-21(19)26/h3-12H,13H2,1-2H3. The summed E-state index contributed by atoms with van der Waals surface area (Å²) in [6, 6.07) is 15.5. The van der Waals surface area contributed by atoms with E-state index in [0.717, 1.165) is 5.56 Å². The maximum absolute atomic E-state index is 13.8. The van der Waals surface area contributed by atoms with Crippen LogP contribution in [-0.4, -0.2) is 7.11 Å². The van der Waals surface area contributed by atoms with Crippen LogP contribution in [0.1, 0.15) is 11.3 Å². The zero-order valence-corrected chi connectivity index (χ0v) is 16.4. The molecule has 0 atom stereocenters. The molecule has 30 heavy (non-hydrogen) atoms. The van der Waals surface area contributed by atoms with Crippen LogP contribution in [0.2, 0.25) is 0 Å². The molecule has 0 amide bonds. The van der Waals surface area contributed by atoms with Crippen LogP contribution in [0.4, 0.5) is 8.78 Å². The maximum Gasteiger partial charge on any atom is 0.200 e. The molecule has 4 rings (SSSR count). The van der Waals surface area contributed by atoms with Gasteiger partial charge >= 0.3 is 0 Å². The van der Waals surface area contributed by atoms with Gasteiger partial charge in [-0.1, -0.05) is 18.2 Å². The van der Waals surface area contributed by atoms with Gasteiger partial charge in [-0.3, -0.25) is 4.79 Å². The predicted molar refractivity (Wildman–Crippen MR) is 110 cm³/mol. The first-order valence-electron chi connectivity index (χ1n) is 9.25. The summed E-state index contributed by atoms with van der Waals surface area (Å²) in [5, 5.41) is 0.385. The van der Waals surface area contributed by atoms with Crippen LogP contribution in [0.3, 0.4) is 0 Å². The Morgan fingerprint density at radius 2 is 1.60 bits per heavy atom. The van der Waals surface area contributed by atoms with Crippen molar-refractivity contribution in [2.75, 3.05) is 7.11 Å². The molecule has 0 aliphatic carbocycles. The number of aryl methyl sites for hydroxylation is 1. The van der Waals surface area contributed by atoms with E-state index in [1.807, 2.05) is 0 Å². The quantitative estimate of drug-likeness (QED) is 0.429. The SMILES string of the molecule is COc1ccc(-c2c(C)oc3cc(OCc4c(F)cccc4F)ccc3c2=O)cc1. The van der Waals surface area contributed by atoms with Gasteiger partial charge in [0, 0.05) is 6.07 Å². The van der Waals surface area contributed by atoms with Gasteiger partial charge in [-0.05, 0) is 48.9 Å². The molecule has 0 spiro atoms. The summed E-state index contributed by atoms with van der Waals surface area (Å²) in [7, 11) is 1.57. The lowest BCUT2D eigenvalue weighted by molar-refractivity contribution is 0.292. The number of methoxy groups -OCH3 is 1. The van der Waals surface area contributed by atoms with Gasteiger partial charge in [0.15, 0.2) is 0 Å². The van der Waals surface area contributed by atoms with E-state index < -0.39 is 11.6 Å². The Balaban J connectivity index is 1.68. The van der Waals surface area contributed by atoms with Gasteiger partial charge in [0.05, 0.1) is 23.6 Å². The van der Waals surface area contributed by atoms with Crippen LogP contribution >= 0.6 is 0 Å². The molecule has 0 bridgehead atoms. The number of benzene rings is 3. The van der Waals surface area contributed by atoms with Gasteiger partial charge in [0.25, 0.3) is 0 Å². The second-order valence-electron chi connectivity index (χ2n) is 6.74. The Kier molecular flexibility index (Phi) is 5.23. The number of ether oxygens (including phenoxy) is 2. The van der Waals surface area contributed by atoms with Gasteiger partial charge in [-0.2, -0.15) is 0 Å². The molecule has 0 saturated heterocycles. The lowest BCUT2D eigenvalue weighted by Crippen LogP contribution is -2.08. The average Bonchev–Trinajstić information content (AvgIpc) is 2.73. The normalized spacial score (nSPS) is 10.9. The lowest BCUT2D eigenvalue weighted by Gasteiger charge is -2.11. The van der Waals surface area contributed by atoms with E-state index in [4.69, 9.17) is 13.9 Å². The zero-order chi connectivity index (χ0) is 21.3. The Bertz CT molecular complexity index is 1260. The van der Waals surface area contributed by atoms with Crippen LogP contribution in [0.5, 0.6) is 11.5 Å². The molecule has 0 fully saturated rings. The largest absolute Gasteiger partial charge is 0.497 e. The van der Waals surface area contributed by atoms with Crippen molar-refractivity contribution in [1.29, 1.82) is 0 Å². The molecule has 0 unspecified atom stereocenters. The molecular weight excluding hydrogens is 390 g/mol. The monoisotopic (exact) mass is 408 g/mol. The molecule has 0 aliphatic heterocycles. The average molecular weight is 408 g/mol. The molecule has 4 aromatic rings. The minimum absolute atomic E-state index is 0.162. The molecule has 0 N–H and O–H groups in total. The van der Waals surface area contributed by atoms with Crippen molar-refractivity contribution in [3.8, 4) is 22.6 Å². The summed E-state index contributed by atoms with van der Waals surface area (Å²) in [6.45, 7) is 1.43. The Morgan fingerprint density at radius 3 is 2.27 bits per heavy atom. The zero-order valence-electron chi connectivity index (χ0n) is 16.4. The first kappa shape index (κ1) is 19.6. The first-order valence-corrected chi connectivity index (χ1v) is 9.25. The highest BCUT2D eigenvalue weighted by Crippen LogP contribution is 2.28. The van der Waals surface area contributed by atoms with E-state index in [0.29, 0.717) is 33.8 Å². The molecule has 1 heterocycles. The Morgan fingerprint density at radius 1 is 0.933 bits per heavy atom. The van der Waals surface area contributed by atoms with Gasteiger partial charge in [-0.15, -0.1) is 0 Å². The molecule has 0 saturated carbocycles. The molecule has 0 aliphatic rings. The number of fused-ring (bicyclic) bond motifs is 1. The molecule has 6 heteroatoms. The number of hydrogen-bond acceptors (Lipinski definition) is 4. The number of halogens is 2. The summed E-state index contributed by atoms with van der Waals surface area (Å²) < 4.78 is 44.1. The van der Waals surface area contributed by atoms with E-state index in [2.05, 4.69) is 0 Å². The fourth-order valence-electron chi connectivity index (χ4n) is 3.29. The number of hydrogen-bond donors (Lipinski definition) is 0. The van der Waals surface area contributed by atoms with Gasteiger partial charge in [-0.25, -0.2) is 8.78 Å². The van der Waals surface area contributed by atoms with Gasteiger partial charge in [0.2, 0.25) is 5.43 Å². The third-order valence-corrected chi connectivity index (χ3v) is 4.86. The second kappa shape index (κ2) is 7.99. The van der Waals surface area contributed by atoms with Crippen LogP contribution in [-0.2, 0) is 6.61 Å². The minimum atomic E-state index is -0.678. The highest BCUT2D eigenvalue weighted by molar-refractivity contribution is 5.83. The van der Waals surface area contributed by atoms with Crippen LogP contribution in [0, 0.1) is 18.6 Å². The second-order valence-corrected chi connectivity index (χ2v) is 6.74. The fourth-order valence-corrected chi connectivity index (χ4v) is 3.29. The summed E-state index contributed by atoms with van der Waals surface area (Å²) in [6.07, 6.45) is 0. The molecule has 152 valence electrons. The van der Waals surface area contributed by atoms with Crippen molar-refractivity contribution in [3.05, 3.63) is 93.8 Å². The van der Waals surface area contributed by atoms with E-state index in [1.54, 1.807) is 56.5 Å². The molecule has 4 nitrogen and oxygen atoms in total. The van der Waals surface area contributed by atoms with Crippen LogP contribution in [0.25, 0.3) is 22.1 Å². The fraction of sp³-hybridized carbons (Fsp3) is 0.125.